The van der Waals surface area contributed by atoms with Gasteiger partial charge in [-0.15, -0.1) is 0 Å². The number of nitrogens with zero attached hydrogens (tertiary/aromatic N) is 2. The number of nitrogen functional groups attached to an aromatic ring is 1. The van der Waals surface area contributed by atoms with Crippen LogP contribution in [0.3, 0.4) is 0 Å². The topological polar surface area (TPSA) is 117 Å². The van der Waals surface area contributed by atoms with Gasteiger partial charge in [0.05, 0.1) is 5.69 Å². The summed E-state index contributed by atoms with van der Waals surface area (Å²) >= 11 is 0.889. The average Bonchev–Trinajstić information content (AvgIpc) is 3.14. The number of benzene rings is 1. The molecule has 2 aromatic rings. The van der Waals surface area contributed by atoms with Crippen LogP contribution >= 0.6 is 11.5 Å². The number of carbonyl (C=O) groups is 3. The van der Waals surface area contributed by atoms with Crippen LogP contribution in [0, 0.1) is 13.8 Å². The van der Waals surface area contributed by atoms with Crippen LogP contribution in [0.1, 0.15) is 84.2 Å². The summed E-state index contributed by atoms with van der Waals surface area (Å²) < 4.78 is 4.21. The van der Waals surface area contributed by atoms with Crippen molar-refractivity contribution in [2.45, 2.75) is 78.3 Å². The summed E-state index contributed by atoms with van der Waals surface area (Å²) in [5, 5.41) is 5.90. The lowest BCUT2D eigenvalue weighted by Crippen LogP contribution is -2.47. The number of nitrogens with two attached hydrogens (primary N) is 1. The molecule has 0 bridgehead atoms. The number of aryl methyl sites for hydroxylation is 2. The van der Waals surface area contributed by atoms with E-state index in [0.717, 1.165) is 48.3 Å². The average molecular weight is 486 g/mol. The summed E-state index contributed by atoms with van der Waals surface area (Å²) in [6, 6.07) is 5.83. The van der Waals surface area contributed by atoms with E-state index in [1.54, 1.807) is 0 Å². The first kappa shape index (κ1) is 25.7. The van der Waals surface area contributed by atoms with Gasteiger partial charge in [0.25, 0.3) is 11.8 Å². The predicted octanol–water partition coefficient (Wildman–Crippen LogP) is 3.97. The van der Waals surface area contributed by atoms with Gasteiger partial charge in [-0.1, -0.05) is 31.4 Å². The second kappa shape index (κ2) is 10.5. The Morgan fingerprint density at radius 3 is 2.47 bits per heavy atom. The normalized spacial score (nSPS) is 14.5. The zero-order valence-corrected chi connectivity index (χ0v) is 21.5. The van der Waals surface area contributed by atoms with Crippen molar-refractivity contribution >= 4 is 40.6 Å². The predicted molar refractivity (Wildman–Crippen MR) is 136 cm³/mol. The van der Waals surface area contributed by atoms with Crippen LogP contribution in [0.15, 0.2) is 18.2 Å². The maximum atomic E-state index is 13.7. The number of hydrogen-bond donors (Lipinski definition) is 3. The van der Waals surface area contributed by atoms with E-state index >= 15 is 0 Å². The quantitative estimate of drug-likeness (QED) is 0.572. The highest BCUT2D eigenvalue weighted by molar-refractivity contribution is 7.09. The van der Waals surface area contributed by atoms with Crippen LogP contribution in [-0.4, -0.2) is 40.2 Å². The van der Waals surface area contributed by atoms with Crippen LogP contribution < -0.4 is 21.3 Å². The van der Waals surface area contributed by atoms with E-state index in [0.29, 0.717) is 5.69 Å². The second-order valence-corrected chi connectivity index (χ2v) is 10.8. The second-order valence-electron chi connectivity index (χ2n) is 10.1. The van der Waals surface area contributed by atoms with Gasteiger partial charge in [0, 0.05) is 17.3 Å². The minimum absolute atomic E-state index is 0.0508. The van der Waals surface area contributed by atoms with Gasteiger partial charge in [0.1, 0.15) is 11.4 Å². The van der Waals surface area contributed by atoms with Gasteiger partial charge in [-0.2, -0.15) is 4.37 Å². The highest BCUT2D eigenvalue weighted by atomic mass is 32.1. The number of anilines is 2. The molecule has 8 nitrogen and oxygen atoms in total. The van der Waals surface area contributed by atoms with Crippen molar-refractivity contribution < 1.29 is 14.4 Å². The summed E-state index contributed by atoms with van der Waals surface area (Å²) in [5.41, 5.74) is 8.37. The fourth-order valence-electron chi connectivity index (χ4n) is 4.12. The summed E-state index contributed by atoms with van der Waals surface area (Å²) in [5.74, 6) is -1.10. The maximum Gasteiger partial charge on any atom is 0.273 e. The van der Waals surface area contributed by atoms with Crippen molar-refractivity contribution in [3.63, 3.8) is 0 Å². The molecule has 1 heterocycles. The van der Waals surface area contributed by atoms with Gasteiger partial charge in [0.2, 0.25) is 5.91 Å². The molecule has 1 fully saturated rings. The lowest BCUT2D eigenvalue weighted by Gasteiger charge is -2.27. The Morgan fingerprint density at radius 2 is 1.82 bits per heavy atom. The molecule has 3 rings (SSSR count). The fourth-order valence-corrected chi connectivity index (χ4v) is 4.86. The smallest absolute Gasteiger partial charge is 0.273 e. The van der Waals surface area contributed by atoms with Crippen LogP contribution in [0.25, 0.3) is 0 Å². The zero-order valence-electron chi connectivity index (χ0n) is 20.7. The van der Waals surface area contributed by atoms with Gasteiger partial charge in [-0.3, -0.25) is 19.3 Å². The Hall–Kier alpha value is -2.94. The van der Waals surface area contributed by atoms with Crippen LogP contribution in [0.2, 0.25) is 0 Å². The number of nitrogens with one attached hydrogen (secondary N) is 2. The number of rotatable bonds is 6. The lowest BCUT2D eigenvalue weighted by molar-refractivity contribution is -0.121. The molecule has 0 saturated heterocycles. The Bertz CT molecular complexity index is 1070. The molecule has 0 unspecified atom stereocenters. The van der Waals surface area contributed by atoms with Crippen molar-refractivity contribution in [2.75, 3.05) is 17.2 Å². The fraction of sp³-hybridized carbons (Fsp3) is 0.520. The number of carbonyl (C=O) groups excluding carboxylic acids is 3. The molecule has 1 saturated carbocycles. The third-order valence-corrected chi connectivity index (χ3v) is 6.65. The van der Waals surface area contributed by atoms with Gasteiger partial charge in [0.15, 0.2) is 5.69 Å². The van der Waals surface area contributed by atoms with E-state index in [4.69, 9.17) is 5.73 Å². The lowest BCUT2D eigenvalue weighted by atomic mass is 9.95. The molecule has 4 N–H and O–H groups in total. The van der Waals surface area contributed by atoms with Gasteiger partial charge in [-0.25, -0.2) is 0 Å². The first-order valence-electron chi connectivity index (χ1n) is 11.7. The highest BCUT2D eigenvalue weighted by Crippen LogP contribution is 2.29. The van der Waals surface area contributed by atoms with Gasteiger partial charge < -0.3 is 16.4 Å². The van der Waals surface area contributed by atoms with Gasteiger partial charge >= 0.3 is 0 Å². The Labute approximate surface area is 205 Å². The molecule has 1 aromatic carbocycles. The van der Waals surface area contributed by atoms with Crippen LogP contribution in [0.5, 0.6) is 0 Å². The van der Waals surface area contributed by atoms with Crippen molar-refractivity contribution in [2.24, 2.45) is 0 Å². The van der Waals surface area contributed by atoms with Gasteiger partial charge in [-0.05, 0) is 76.2 Å². The van der Waals surface area contributed by atoms with Crippen molar-refractivity contribution in [1.29, 1.82) is 0 Å². The van der Waals surface area contributed by atoms with E-state index < -0.39 is 11.4 Å². The summed E-state index contributed by atoms with van der Waals surface area (Å²) in [6.07, 6.45) is 5.22. The van der Waals surface area contributed by atoms with E-state index in [-0.39, 0.29) is 40.7 Å². The molecule has 1 aliphatic carbocycles. The maximum absolute atomic E-state index is 13.7. The molecule has 0 aliphatic heterocycles. The Morgan fingerprint density at radius 1 is 1.15 bits per heavy atom. The number of aromatic nitrogens is 1. The van der Waals surface area contributed by atoms with Crippen molar-refractivity contribution in [1.82, 2.24) is 15.0 Å². The molecule has 1 aliphatic rings. The summed E-state index contributed by atoms with van der Waals surface area (Å²) in [7, 11) is 0. The molecule has 0 atom stereocenters. The monoisotopic (exact) mass is 485 g/mol. The minimum atomic E-state index is -0.454. The molecule has 184 valence electrons. The van der Waals surface area contributed by atoms with Crippen molar-refractivity contribution in [3.8, 4) is 0 Å². The first-order valence-corrected chi connectivity index (χ1v) is 12.5. The van der Waals surface area contributed by atoms with E-state index in [9.17, 15) is 14.4 Å². The molecular weight excluding hydrogens is 450 g/mol. The van der Waals surface area contributed by atoms with Crippen molar-refractivity contribution in [3.05, 3.63) is 39.9 Å². The third kappa shape index (κ3) is 6.34. The van der Waals surface area contributed by atoms with E-state index in [1.165, 1.54) is 11.3 Å². The molecule has 3 amide bonds. The largest absolute Gasteiger partial charge is 0.395 e. The molecular formula is C25H35N5O3S. The summed E-state index contributed by atoms with van der Waals surface area (Å²) in [4.78, 5) is 40.8. The minimum Gasteiger partial charge on any atom is -0.395 e. The zero-order chi connectivity index (χ0) is 25.0. The molecule has 34 heavy (non-hydrogen) atoms. The first-order chi connectivity index (χ1) is 16.0. The number of amides is 3. The molecule has 0 spiro atoms. The Balaban J connectivity index is 1.89. The van der Waals surface area contributed by atoms with E-state index in [1.807, 2.05) is 52.8 Å². The molecule has 1 aromatic heterocycles. The SMILES string of the molecule is Cc1ccc(C)c(N(CC(=O)NC(C)(C)C)C(=O)c2snc(C(=O)NC3CCCCC3)c2N)c1. The molecule has 0 radical (unpaired) electrons. The van der Waals surface area contributed by atoms with Crippen LogP contribution in [0.4, 0.5) is 11.4 Å². The third-order valence-electron chi connectivity index (χ3n) is 5.79. The highest BCUT2D eigenvalue weighted by Gasteiger charge is 2.30. The molecule has 9 heteroatoms. The standard InChI is InChI=1S/C25H35N5O3S/c1-15-11-12-16(2)18(13-15)30(14-19(31)28-25(3,4)5)24(33)22-20(26)21(29-34-22)23(32)27-17-9-7-6-8-10-17/h11-13,17H,6-10,14,26H2,1-5H3,(H,27,32)(H,28,31). The van der Waals surface area contributed by atoms with E-state index in [2.05, 4.69) is 15.0 Å². The summed E-state index contributed by atoms with van der Waals surface area (Å²) in [6.45, 7) is 9.28. The number of hydrogen-bond acceptors (Lipinski definition) is 6. The Kier molecular flexibility index (Phi) is 7.97. The van der Waals surface area contributed by atoms with Crippen LogP contribution in [-0.2, 0) is 4.79 Å².